The van der Waals surface area contributed by atoms with Gasteiger partial charge in [-0.3, -0.25) is 10.1 Å². The molecule has 1 aliphatic heterocycles. The van der Waals surface area contributed by atoms with Crippen molar-refractivity contribution in [2.45, 2.75) is 0 Å². The summed E-state index contributed by atoms with van der Waals surface area (Å²) in [6.07, 6.45) is 2.02. The van der Waals surface area contributed by atoms with Crippen LogP contribution in [-0.4, -0.2) is 17.4 Å². The van der Waals surface area contributed by atoms with Crippen molar-refractivity contribution in [1.29, 1.82) is 0 Å². The van der Waals surface area contributed by atoms with Crippen molar-refractivity contribution in [1.82, 2.24) is 4.98 Å². The standard InChI is InChI=1S/C13H10BrN3OS/c14-9-6-10-11(15-7-9)16-13(19-10)17-12(18)8-4-2-1-3-5-8/h1-6,15H,7H2,(H,16,17,18). The quantitative estimate of drug-likeness (QED) is 0.882. The normalized spacial score (nSPS) is 13.2. The molecule has 0 saturated heterocycles. The number of aromatic nitrogens is 1. The zero-order valence-electron chi connectivity index (χ0n) is 9.81. The van der Waals surface area contributed by atoms with Gasteiger partial charge in [0.1, 0.15) is 5.82 Å². The lowest BCUT2D eigenvalue weighted by Gasteiger charge is -2.08. The molecule has 4 nitrogen and oxygen atoms in total. The van der Waals surface area contributed by atoms with Crippen LogP contribution in [0.5, 0.6) is 0 Å². The number of rotatable bonds is 2. The molecule has 0 unspecified atom stereocenters. The van der Waals surface area contributed by atoms with E-state index in [1.165, 1.54) is 11.3 Å². The van der Waals surface area contributed by atoms with E-state index in [1.807, 2.05) is 24.3 Å². The molecule has 0 atom stereocenters. The van der Waals surface area contributed by atoms with Crippen LogP contribution in [0.25, 0.3) is 6.08 Å². The van der Waals surface area contributed by atoms with Gasteiger partial charge in [0.2, 0.25) is 0 Å². The van der Waals surface area contributed by atoms with Gasteiger partial charge in [0.05, 0.1) is 4.88 Å². The number of hydrogen-bond donors (Lipinski definition) is 2. The number of thiazole rings is 1. The Kier molecular flexibility index (Phi) is 3.35. The van der Waals surface area contributed by atoms with Crippen LogP contribution in [0.15, 0.2) is 34.8 Å². The fourth-order valence-electron chi connectivity index (χ4n) is 1.73. The van der Waals surface area contributed by atoms with Gasteiger partial charge in [0, 0.05) is 16.6 Å². The number of carbonyl (C=O) groups is 1. The molecule has 0 bridgehead atoms. The summed E-state index contributed by atoms with van der Waals surface area (Å²) in [5.41, 5.74) is 0.625. The number of nitrogens with zero attached hydrogens (tertiary/aromatic N) is 1. The van der Waals surface area contributed by atoms with Crippen LogP contribution in [0, 0.1) is 0 Å². The minimum Gasteiger partial charge on any atom is -0.364 e. The fraction of sp³-hybridized carbons (Fsp3) is 0.0769. The third kappa shape index (κ3) is 2.69. The fourth-order valence-corrected chi connectivity index (χ4v) is 3.16. The molecule has 2 N–H and O–H groups in total. The van der Waals surface area contributed by atoms with Gasteiger partial charge < -0.3 is 5.32 Å². The minimum absolute atomic E-state index is 0.144. The largest absolute Gasteiger partial charge is 0.364 e. The molecule has 6 heteroatoms. The number of carbonyl (C=O) groups excluding carboxylic acids is 1. The van der Waals surface area contributed by atoms with Crippen molar-refractivity contribution < 1.29 is 4.79 Å². The van der Waals surface area contributed by atoms with Crippen molar-refractivity contribution >= 4 is 50.2 Å². The SMILES string of the molecule is O=C(Nc1nc2c(s1)C=C(Br)CN2)c1ccccc1. The Morgan fingerprint density at radius 1 is 1.37 bits per heavy atom. The maximum Gasteiger partial charge on any atom is 0.257 e. The molecule has 19 heavy (non-hydrogen) atoms. The van der Waals surface area contributed by atoms with Crippen molar-refractivity contribution in [2.24, 2.45) is 0 Å². The summed E-state index contributed by atoms with van der Waals surface area (Å²) in [7, 11) is 0. The predicted octanol–water partition coefficient (Wildman–Crippen LogP) is 3.56. The van der Waals surface area contributed by atoms with Gasteiger partial charge in [-0.2, -0.15) is 0 Å². The van der Waals surface area contributed by atoms with E-state index in [9.17, 15) is 4.79 Å². The summed E-state index contributed by atoms with van der Waals surface area (Å²) >= 11 is 4.90. The highest BCUT2D eigenvalue weighted by Gasteiger charge is 2.15. The first-order valence-corrected chi connectivity index (χ1v) is 7.30. The lowest BCUT2D eigenvalue weighted by molar-refractivity contribution is 0.102. The van der Waals surface area contributed by atoms with Crippen LogP contribution in [0.4, 0.5) is 10.9 Å². The molecule has 0 saturated carbocycles. The molecule has 1 aromatic carbocycles. The number of nitrogens with one attached hydrogen (secondary N) is 2. The molecule has 0 fully saturated rings. The van der Waals surface area contributed by atoms with Crippen LogP contribution < -0.4 is 10.6 Å². The number of halogens is 1. The molecule has 96 valence electrons. The van der Waals surface area contributed by atoms with Gasteiger partial charge in [0.25, 0.3) is 5.91 Å². The first kappa shape index (κ1) is 12.4. The number of amides is 1. The van der Waals surface area contributed by atoms with Crippen molar-refractivity contribution in [2.75, 3.05) is 17.2 Å². The van der Waals surface area contributed by atoms with Gasteiger partial charge in [-0.05, 0) is 18.2 Å². The van der Waals surface area contributed by atoms with Crippen molar-refractivity contribution in [3.8, 4) is 0 Å². The Morgan fingerprint density at radius 3 is 2.95 bits per heavy atom. The molecule has 2 aromatic rings. The van der Waals surface area contributed by atoms with E-state index in [0.717, 1.165) is 21.7 Å². The van der Waals surface area contributed by atoms with Gasteiger partial charge in [-0.15, -0.1) is 0 Å². The van der Waals surface area contributed by atoms with E-state index in [-0.39, 0.29) is 5.91 Å². The maximum atomic E-state index is 12.0. The smallest absolute Gasteiger partial charge is 0.257 e. The Morgan fingerprint density at radius 2 is 2.16 bits per heavy atom. The van der Waals surface area contributed by atoms with E-state index in [4.69, 9.17) is 0 Å². The molecule has 1 amide bonds. The molecular weight excluding hydrogens is 326 g/mol. The highest BCUT2D eigenvalue weighted by Crippen LogP contribution is 2.33. The second-order valence-electron chi connectivity index (χ2n) is 4.00. The average Bonchev–Trinajstić information content (AvgIpc) is 2.81. The van der Waals surface area contributed by atoms with Crippen LogP contribution >= 0.6 is 27.3 Å². The molecule has 3 rings (SSSR count). The number of fused-ring (bicyclic) bond motifs is 1. The van der Waals surface area contributed by atoms with Crippen LogP contribution in [-0.2, 0) is 0 Å². The van der Waals surface area contributed by atoms with E-state index < -0.39 is 0 Å². The van der Waals surface area contributed by atoms with Crippen LogP contribution in [0.1, 0.15) is 15.2 Å². The lowest BCUT2D eigenvalue weighted by Crippen LogP contribution is -2.11. The zero-order valence-corrected chi connectivity index (χ0v) is 12.2. The second-order valence-corrected chi connectivity index (χ2v) is 6.05. The second kappa shape index (κ2) is 5.14. The first-order chi connectivity index (χ1) is 9.22. The Bertz CT molecular complexity index is 651. The summed E-state index contributed by atoms with van der Waals surface area (Å²) in [6, 6.07) is 9.10. The molecule has 2 heterocycles. The van der Waals surface area contributed by atoms with Gasteiger partial charge in [-0.25, -0.2) is 4.98 Å². The van der Waals surface area contributed by atoms with Crippen molar-refractivity contribution in [3.05, 3.63) is 45.3 Å². The third-order valence-corrected chi connectivity index (χ3v) is 4.05. The van der Waals surface area contributed by atoms with E-state index in [1.54, 1.807) is 12.1 Å². The third-order valence-electron chi connectivity index (χ3n) is 2.62. The van der Waals surface area contributed by atoms with E-state index in [2.05, 4.69) is 31.5 Å². The molecule has 0 radical (unpaired) electrons. The van der Waals surface area contributed by atoms with Crippen LogP contribution in [0.2, 0.25) is 0 Å². The minimum atomic E-state index is -0.144. The highest BCUT2D eigenvalue weighted by molar-refractivity contribution is 9.11. The van der Waals surface area contributed by atoms with Gasteiger partial charge in [-0.1, -0.05) is 45.5 Å². The summed E-state index contributed by atoms with van der Waals surface area (Å²) in [4.78, 5) is 17.4. The Labute approximate surface area is 122 Å². The lowest BCUT2D eigenvalue weighted by atomic mass is 10.2. The average molecular weight is 336 g/mol. The summed E-state index contributed by atoms with van der Waals surface area (Å²) < 4.78 is 1.07. The van der Waals surface area contributed by atoms with Gasteiger partial charge in [0.15, 0.2) is 5.13 Å². The van der Waals surface area contributed by atoms with E-state index in [0.29, 0.717) is 10.7 Å². The van der Waals surface area contributed by atoms with E-state index >= 15 is 0 Å². The molecule has 0 aliphatic carbocycles. The maximum absolute atomic E-state index is 12.0. The highest BCUT2D eigenvalue weighted by atomic mass is 79.9. The monoisotopic (exact) mass is 335 g/mol. The Balaban J connectivity index is 1.80. The molecule has 1 aromatic heterocycles. The first-order valence-electron chi connectivity index (χ1n) is 5.69. The molecule has 1 aliphatic rings. The predicted molar refractivity (Wildman–Crippen MR) is 81.9 cm³/mol. The topological polar surface area (TPSA) is 54.0 Å². The summed E-state index contributed by atoms with van der Waals surface area (Å²) in [5.74, 6) is 0.673. The Hall–Kier alpha value is -1.66. The summed E-state index contributed by atoms with van der Waals surface area (Å²) in [5, 5.41) is 6.59. The number of hydrogen-bond acceptors (Lipinski definition) is 4. The van der Waals surface area contributed by atoms with Gasteiger partial charge >= 0.3 is 0 Å². The molecule has 0 spiro atoms. The molecular formula is C13H10BrN3OS. The number of benzene rings is 1. The summed E-state index contributed by atoms with van der Waals surface area (Å²) in [6.45, 7) is 0.725. The zero-order chi connectivity index (χ0) is 13.2. The van der Waals surface area contributed by atoms with Crippen molar-refractivity contribution in [3.63, 3.8) is 0 Å². The van der Waals surface area contributed by atoms with Crippen LogP contribution in [0.3, 0.4) is 0 Å². The number of anilines is 2.